The van der Waals surface area contributed by atoms with Gasteiger partial charge in [0.25, 0.3) is 0 Å². The molecular weight excluding hydrogens is 270 g/mol. The first kappa shape index (κ1) is 14.3. The Morgan fingerprint density at radius 3 is 2.50 bits per heavy atom. The Morgan fingerprint density at radius 1 is 1.10 bits per heavy atom. The van der Waals surface area contributed by atoms with Gasteiger partial charge in [-0.05, 0) is 43.2 Å². The van der Waals surface area contributed by atoms with E-state index in [0.717, 1.165) is 16.7 Å². The van der Waals surface area contributed by atoms with Gasteiger partial charge in [-0.2, -0.15) is 0 Å². The van der Waals surface area contributed by atoms with Crippen LogP contribution in [0.3, 0.4) is 0 Å². The van der Waals surface area contributed by atoms with Crippen molar-refractivity contribution in [2.24, 2.45) is 5.73 Å². The van der Waals surface area contributed by atoms with Crippen LogP contribution in [0.5, 0.6) is 17.2 Å². The first-order valence-corrected chi connectivity index (χ1v) is 6.65. The minimum atomic E-state index is 0.315. The number of nitrogens with two attached hydrogens (primary N) is 1. The lowest BCUT2D eigenvalue weighted by Gasteiger charge is -2.15. The van der Waals surface area contributed by atoms with Gasteiger partial charge < -0.3 is 15.2 Å². The van der Waals surface area contributed by atoms with Crippen LogP contribution < -0.4 is 15.2 Å². The smallest absolute Gasteiger partial charge is 0.169 e. The molecule has 0 heterocycles. The summed E-state index contributed by atoms with van der Waals surface area (Å²) in [5.74, 6) is 1.99. The lowest BCUT2D eigenvalue weighted by atomic mass is 10.1. The Bertz CT molecular complexity index is 653. The van der Waals surface area contributed by atoms with Gasteiger partial charge in [-0.15, -0.1) is 0 Å². The molecule has 2 rings (SSSR count). The number of hydrogen-bond donors (Lipinski definition) is 1. The SMILES string of the molecule is COc1cc(C)ccc1Oc1c(C)cccc1C(N)=S. The first-order chi connectivity index (χ1) is 9.52. The predicted molar refractivity (Wildman–Crippen MR) is 84.9 cm³/mol. The van der Waals surface area contributed by atoms with Crippen molar-refractivity contribution < 1.29 is 9.47 Å². The van der Waals surface area contributed by atoms with Crippen LogP contribution in [0.4, 0.5) is 0 Å². The first-order valence-electron chi connectivity index (χ1n) is 6.25. The molecule has 0 aliphatic carbocycles. The zero-order valence-electron chi connectivity index (χ0n) is 11.8. The largest absolute Gasteiger partial charge is 0.493 e. The number of para-hydroxylation sites is 1. The highest BCUT2D eigenvalue weighted by molar-refractivity contribution is 7.80. The molecule has 0 aromatic heterocycles. The van der Waals surface area contributed by atoms with Gasteiger partial charge in [0.2, 0.25) is 0 Å². The number of methoxy groups -OCH3 is 1. The zero-order chi connectivity index (χ0) is 14.7. The molecular formula is C16H17NO2S. The van der Waals surface area contributed by atoms with Gasteiger partial charge in [-0.1, -0.05) is 30.4 Å². The molecule has 0 spiro atoms. The van der Waals surface area contributed by atoms with Gasteiger partial charge in [-0.25, -0.2) is 0 Å². The maximum Gasteiger partial charge on any atom is 0.169 e. The van der Waals surface area contributed by atoms with E-state index < -0.39 is 0 Å². The number of rotatable bonds is 4. The molecule has 0 saturated heterocycles. The third-order valence-electron chi connectivity index (χ3n) is 3.01. The quantitative estimate of drug-likeness (QED) is 0.870. The molecule has 0 aliphatic heterocycles. The highest BCUT2D eigenvalue weighted by Crippen LogP contribution is 2.35. The average Bonchev–Trinajstić information content (AvgIpc) is 2.42. The fourth-order valence-corrected chi connectivity index (χ4v) is 2.11. The van der Waals surface area contributed by atoms with E-state index in [1.807, 2.05) is 50.2 Å². The van der Waals surface area contributed by atoms with Crippen molar-refractivity contribution in [3.63, 3.8) is 0 Å². The maximum absolute atomic E-state index is 5.99. The van der Waals surface area contributed by atoms with E-state index in [4.69, 9.17) is 27.4 Å². The fraction of sp³-hybridized carbons (Fsp3) is 0.188. The Morgan fingerprint density at radius 2 is 1.85 bits per heavy atom. The molecule has 2 aromatic rings. The number of benzene rings is 2. The summed E-state index contributed by atoms with van der Waals surface area (Å²) in [4.78, 5) is 0.315. The summed E-state index contributed by atoms with van der Waals surface area (Å²) in [6.45, 7) is 3.96. The maximum atomic E-state index is 5.99. The van der Waals surface area contributed by atoms with Gasteiger partial charge in [0.05, 0.1) is 12.7 Å². The van der Waals surface area contributed by atoms with E-state index in [0.29, 0.717) is 22.2 Å². The van der Waals surface area contributed by atoms with Crippen LogP contribution in [0.15, 0.2) is 36.4 Å². The van der Waals surface area contributed by atoms with E-state index in [1.54, 1.807) is 7.11 Å². The third-order valence-corrected chi connectivity index (χ3v) is 3.23. The minimum Gasteiger partial charge on any atom is -0.493 e. The van der Waals surface area contributed by atoms with Crippen molar-refractivity contribution in [1.29, 1.82) is 0 Å². The van der Waals surface area contributed by atoms with Crippen LogP contribution in [0, 0.1) is 13.8 Å². The van der Waals surface area contributed by atoms with Crippen molar-refractivity contribution in [3.8, 4) is 17.2 Å². The van der Waals surface area contributed by atoms with Crippen molar-refractivity contribution in [2.45, 2.75) is 13.8 Å². The lowest BCUT2D eigenvalue weighted by molar-refractivity contribution is 0.377. The van der Waals surface area contributed by atoms with Gasteiger partial charge >= 0.3 is 0 Å². The Balaban J connectivity index is 2.47. The molecule has 0 fully saturated rings. The second-order valence-corrected chi connectivity index (χ2v) is 5.01. The minimum absolute atomic E-state index is 0.315. The van der Waals surface area contributed by atoms with E-state index in [1.165, 1.54) is 0 Å². The van der Waals surface area contributed by atoms with Gasteiger partial charge in [0.15, 0.2) is 11.5 Å². The normalized spacial score (nSPS) is 10.2. The summed E-state index contributed by atoms with van der Waals surface area (Å²) in [5, 5.41) is 0. The average molecular weight is 287 g/mol. The number of thiocarbonyl (C=S) groups is 1. The molecule has 2 aromatic carbocycles. The molecule has 3 nitrogen and oxygen atoms in total. The van der Waals surface area contributed by atoms with Crippen molar-refractivity contribution in [3.05, 3.63) is 53.1 Å². The standard InChI is InChI=1S/C16H17NO2S/c1-10-7-8-13(14(9-10)18-3)19-15-11(2)5-4-6-12(15)16(17)20/h4-9H,1-3H3,(H2,17,20). The van der Waals surface area contributed by atoms with Crippen molar-refractivity contribution in [1.82, 2.24) is 0 Å². The number of aryl methyl sites for hydroxylation is 2. The third kappa shape index (κ3) is 2.91. The van der Waals surface area contributed by atoms with Gasteiger partial charge in [-0.3, -0.25) is 0 Å². The summed E-state index contributed by atoms with van der Waals surface area (Å²) in [6, 6.07) is 11.5. The molecule has 0 unspecified atom stereocenters. The predicted octanol–water partition coefficient (Wildman–Crippen LogP) is 3.74. The monoisotopic (exact) mass is 287 g/mol. The van der Waals surface area contributed by atoms with Crippen LogP contribution >= 0.6 is 12.2 Å². The summed E-state index contributed by atoms with van der Waals surface area (Å²) in [5.41, 5.74) is 8.55. The van der Waals surface area contributed by atoms with E-state index in [2.05, 4.69) is 0 Å². The summed E-state index contributed by atoms with van der Waals surface area (Å²) < 4.78 is 11.3. The molecule has 0 aliphatic rings. The summed E-state index contributed by atoms with van der Waals surface area (Å²) >= 11 is 5.07. The van der Waals surface area contributed by atoms with Crippen LogP contribution in [-0.2, 0) is 0 Å². The highest BCUT2D eigenvalue weighted by atomic mass is 32.1. The molecule has 2 N–H and O–H groups in total. The Labute approximate surface area is 124 Å². The molecule has 104 valence electrons. The highest BCUT2D eigenvalue weighted by Gasteiger charge is 2.13. The second kappa shape index (κ2) is 5.92. The van der Waals surface area contributed by atoms with Gasteiger partial charge in [0.1, 0.15) is 10.7 Å². The van der Waals surface area contributed by atoms with Crippen LogP contribution in [0.1, 0.15) is 16.7 Å². The van der Waals surface area contributed by atoms with E-state index >= 15 is 0 Å². The molecule has 0 amide bonds. The van der Waals surface area contributed by atoms with Crippen LogP contribution in [0.2, 0.25) is 0 Å². The zero-order valence-corrected chi connectivity index (χ0v) is 12.6. The molecule has 0 atom stereocenters. The van der Waals surface area contributed by atoms with E-state index in [-0.39, 0.29) is 0 Å². The molecule has 4 heteroatoms. The Hall–Kier alpha value is -2.07. The van der Waals surface area contributed by atoms with Crippen molar-refractivity contribution >= 4 is 17.2 Å². The van der Waals surface area contributed by atoms with Crippen molar-refractivity contribution in [2.75, 3.05) is 7.11 Å². The number of ether oxygens (including phenoxy) is 2. The molecule has 0 radical (unpaired) electrons. The number of hydrogen-bond acceptors (Lipinski definition) is 3. The molecule has 0 saturated carbocycles. The van der Waals surface area contributed by atoms with Crippen LogP contribution in [0.25, 0.3) is 0 Å². The lowest BCUT2D eigenvalue weighted by Crippen LogP contribution is -2.11. The van der Waals surface area contributed by atoms with E-state index in [9.17, 15) is 0 Å². The topological polar surface area (TPSA) is 44.5 Å². The summed E-state index contributed by atoms with van der Waals surface area (Å²) in [7, 11) is 1.62. The Kier molecular flexibility index (Phi) is 4.25. The summed E-state index contributed by atoms with van der Waals surface area (Å²) in [6.07, 6.45) is 0. The van der Waals surface area contributed by atoms with Gasteiger partial charge in [0, 0.05) is 0 Å². The molecule has 20 heavy (non-hydrogen) atoms. The second-order valence-electron chi connectivity index (χ2n) is 4.57. The molecule has 0 bridgehead atoms. The van der Waals surface area contributed by atoms with Crippen LogP contribution in [-0.4, -0.2) is 12.1 Å². The fourth-order valence-electron chi connectivity index (χ4n) is 1.95.